The van der Waals surface area contributed by atoms with Gasteiger partial charge >= 0.3 is 0 Å². The van der Waals surface area contributed by atoms with Crippen LogP contribution in [0.25, 0.3) is 16.7 Å². The average Bonchev–Trinajstić information content (AvgIpc) is 3.35. The molecule has 1 aliphatic heterocycles. The van der Waals surface area contributed by atoms with Gasteiger partial charge in [-0.1, -0.05) is 84.9 Å². The predicted octanol–water partition coefficient (Wildman–Crippen LogP) is 9.45. The minimum atomic E-state index is -0.0719. The average molecular weight is 601 g/mol. The molecule has 7 heteroatoms. The van der Waals surface area contributed by atoms with Crippen LogP contribution in [-0.2, 0) is 11.3 Å². The molecular formula is C36H32N4OS2. The molecule has 0 radical (unpaired) electrons. The molecule has 1 fully saturated rings. The summed E-state index contributed by atoms with van der Waals surface area (Å²) in [5.41, 5.74) is 7.62. The third-order valence-corrected chi connectivity index (χ3v) is 9.27. The number of amidine groups is 1. The van der Waals surface area contributed by atoms with E-state index in [0.29, 0.717) is 34.4 Å². The first-order valence-corrected chi connectivity index (χ1v) is 15.8. The van der Waals surface area contributed by atoms with Crippen molar-refractivity contribution in [1.82, 2.24) is 4.90 Å². The largest absolute Gasteiger partial charge is 0.384 e. The normalized spacial score (nSPS) is 15.5. The standard InChI is InChI=1S/C36H32N4OS2/c1-4-38-32-20-15-28(22-37)21-33(32)39-36-40(23-27-11-7-5-8-12-27)35(41)34(43-36)26(3)42-24-25(2)29-16-18-31(19-17-29)30-13-9-6-10-14-30/h5-21,24,38H,4,23H2,1-3H3/b25-24+,34-26-,39-36?. The van der Waals surface area contributed by atoms with Crippen molar-refractivity contribution in [3.8, 4) is 17.2 Å². The molecule has 0 atom stereocenters. The van der Waals surface area contributed by atoms with Crippen molar-refractivity contribution in [2.24, 2.45) is 4.99 Å². The van der Waals surface area contributed by atoms with Gasteiger partial charge in [0.25, 0.3) is 5.91 Å². The molecule has 0 spiro atoms. The molecule has 1 saturated heterocycles. The van der Waals surface area contributed by atoms with E-state index < -0.39 is 0 Å². The van der Waals surface area contributed by atoms with Crippen LogP contribution in [0.1, 0.15) is 37.5 Å². The van der Waals surface area contributed by atoms with Gasteiger partial charge in [-0.2, -0.15) is 5.26 Å². The number of benzene rings is 4. The van der Waals surface area contributed by atoms with Crippen LogP contribution >= 0.6 is 23.5 Å². The lowest BCUT2D eigenvalue weighted by Gasteiger charge is -2.16. The quantitative estimate of drug-likeness (QED) is 0.194. The van der Waals surface area contributed by atoms with Crippen LogP contribution in [0.15, 0.2) is 123 Å². The summed E-state index contributed by atoms with van der Waals surface area (Å²) >= 11 is 2.94. The number of carbonyl (C=O) groups excluding carboxylic acids is 1. The summed E-state index contributed by atoms with van der Waals surface area (Å²) in [6.45, 7) is 7.21. The number of allylic oxidation sites excluding steroid dienone is 2. The first kappa shape index (κ1) is 30.0. The number of anilines is 1. The Bertz CT molecular complexity index is 1740. The number of nitrogens with zero attached hydrogens (tertiary/aromatic N) is 3. The van der Waals surface area contributed by atoms with Crippen LogP contribution in [-0.4, -0.2) is 22.5 Å². The molecule has 5 nitrogen and oxygen atoms in total. The third kappa shape index (κ3) is 7.29. The van der Waals surface area contributed by atoms with Gasteiger partial charge in [-0.25, -0.2) is 4.99 Å². The molecule has 1 aliphatic rings. The van der Waals surface area contributed by atoms with Crippen molar-refractivity contribution in [1.29, 1.82) is 5.26 Å². The fourth-order valence-electron chi connectivity index (χ4n) is 4.60. The Morgan fingerprint density at radius 3 is 2.30 bits per heavy atom. The number of nitrogens with one attached hydrogen (secondary N) is 1. The minimum absolute atomic E-state index is 0.0719. The van der Waals surface area contributed by atoms with Gasteiger partial charge in [-0.15, -0.1) is 11.8 Å². The van der Waals surface area contributed by atoms with E-state index in [1.165, 1.54) is 22.9 Å². The summed E-state index contributed by atoms with van der Waals surface area (Å²) in [7, 11) is 0. The van der Waals surface area contributed by atoms with Crippen molar-refractivity contribution in [2.75, 3.05) is 11.9 Å². The second-order valence-electron chi connectivity index (χ2n) is 9.99. The van der Waals surface area contributed by atoms with E-state index in [1.807, 2.05) is 68.4 Å². The number of hydrogen-bond acceptors (Lipinski definition) is 6. The van der Waals surface area contributed by atoms with Crippen molar-refractivity contribution >= 4 is 51.5 Å². The predicted molar refractivity (Wildman–Crippen MR) is 183 cm³/mol. The maximum Gasteiger partial charge on any atom is 0.267 e. The highest BCUT2D eigenvalue weighted by Gasteiger charge is 2.35. The number of rotatable bonds is 9. The molecule has 4 aromatic rings. The van der Waals surface area contributed by atoms with E-state index >= 15 is 0 Å². The lowest BCUT2D eigenvalue weighted by molar-refractivity contribution is -0.122. The summed E-state index contributed by atoms with van der Waals surface area (Å²) in [5, 5.41) is 15.5. The lowest BCUT2D eigenvalue weighted by Crippen LogP contribution is -2.28. The van der Waals surface area contributed by atoms with Crippen molar-refractivity contribution in [2.45, 2.75) is 27.3 Å². The number of aliphatic imine (C=N–C) groups is 1. The van der Waals surface area contributed by atoms with Gasteiger partial charge in [0, 0.05) is 11.4 Å². The van der Waals surface area contributed by atoms with E-state index in [-0.39, 0.29) is 5.91 Å². The molecule has 1 N–H and O–H groups in total. The number of nitriles is 1. The maximum atomic E-state index is 13.8. The summed E-state index contributed by atoms with van der Waals surface area (Å²) in [6, 6.07) is 36.4. The van der Waals surface area contributed by atoms with Crippen LogP contribution in [0.5, 0.6) is 0 Å². The van der Waals surface area contributed by atoms with E-state index in [9.17, 15) is 10.1 Å². The minimum Gasteiger partial charge on any atom is -0.384 e. The van der Waals surface area contributed by atoms with Gasteiger partial charge in [0.15, 0.2) is 5.17 Å². The number of hydrogen-bond donors (Lipinski definition) is 1. The Kier molecular flexibility index (Phi) is 9.83. The topological polar surface area (TPSA) is 68.5 Å². The molecule has 214 valence electrons. The zero-order valence-electron chi connectivity index (χ0n) is 24.4. The molecule has 0 bridgehead atoms. The summed E-state index contributed by atoms with van der Waals surface area (Å²) < 4.78 is 0. The smallest absolute Gasteiger partial charge is 0.267 e. The van der Waals surface area contributed by atoms with Crippen LogP contribution < -0.4 is 5.32 Å². The first-order valence-electron chi connectivity index (χ1n) is 14.1. The SMILES string of the molecule is CCNc1ccc(C#N)cc1N=C1S/C(=C(/C)S/C=C(\C)c2ccc(-c3ccccc3)cc2)C(=O)N1Cc1ccccc1. The lowest BCUT2D eigenvalue weighted by atomic mass is 10.0. The molecule has 1 amide bonds. The molecular weight excluding hydrogens is 569 g/mol. The zero-order valence-corrected chi connectivity index (χ0v) is 26.0. The second kappa shape index (κ2) is 14.1. The summed E-state index contributed by atoms with van der Waals surface area (Å²) in [5.74, 6) is -0.0719. The Morgan fingerprint density at radius 1 is 0.953 bits per heavy atom. The van der Waals surface area contributed by atoms with Crippen molar-refractivity contribution in [3.05, 3.63) is 135 Å². The van der Waals surface area contributed by atoms with Gasteiger partial charge in [0.05, 0.1) is 34.5 Å². The number of amides is 1. The maximum absolute atomic E-state index is 13.8. The highest BCUT2D eigenvalue weighted by Crippen LogP contribution is 2.40. The second-order valence-corrected chi connectivity index (χ2v) is 12.1. The summed E-state index contributed by atoms with van der Waals surface area (Å²) in [6.07, 6.45) is 0. The highest BCUT2D eigenvalue weighted by molar-refractivity contribution is 8.19. The van der Waals surface area contributed by atoms with Gasteiger partial charge in [-0.05, 0) is 84.0 Å². The molecule has 1 heterocycles. The fraction of sp³-hybridized carbons (Fsp3) is 0.139. The number of carbonyl (C=O) groups is 1. The summed E-state index contributed by atoms with van der Waals surface area (Å²) in [4.78, 5) is 22.1. The Labute approximate surface area is 262 Å². The molecule has 0 aromatic heterocycles. The Morgan fingerprint density at radius 2 is 1.63 bits per heavy atom. The van der Waals surface area contributed by atoms with Crippen LogP contribution in [0.3, 0.4) is 0 Å². The van der Waals surface area contributed by atoms with E-state index in [2.05, 4.69) is 60.1 Å². The molecule has 5 rings (SSSR count). The van der Waals surface area contributed by atoms with Gasteiger partial charge in [-0.3, -0.25) is 9.69 Å². The van der Waals surface area contributed by atoms with Gasteiger partial charge in [0.1, 0.15) is 0 Å². The van der Waals surface area contributed by atoms with Gasteiger partial charge < -0.3 is 5.32 Å². The van der Waals surface area contributed by atoms with Crippen LogP contribution in [0.4, 0.5) is 11.4 Å². The first-order chi connectivity index (χ1) is 21.0. The van der Waals surface area contributed by atoms with Crippen LogP contribution in [0, 0.1) is 11.3 Å². The zero-order chi connectivity index (χ0) is 30.2. The monoisotopic (exact) mass is 600 g/mol. The van der Waals surface area contributed by atoms with Crippen LogP contribution in [0.2, 0.25) is 0 Å². The Hall–Kier alpha value is -4.51. The molecule has 4 aromatic carbocycles. The Balaban J connectivity index is 1.43. The highest BCUT2D eigenvalue weighted by atomic mass is 32.2. The molecule has 0 unspecified atom stereocenters. The molecule has 0 aliphatic carbocycles. The van der Waals surface area contributed by atoms with E-state index in [1.54, 1.807) is 28.8 Å². The third-order valence-electron chi connectivity index (χ3n) is 6.94. The number of thioether (sulfide) groups is 2. The molecule has 43 heavy (non-hydrogen) atoms. The van der Waals surface area contributed by atoms with Crippen molar-refractivity contribution < 1.29 is 4.79 Å². The van der Waals surface area contributed by atoms with Crippen molar-refractivity contribution in [3.63, 3.8) is 0 Å². The fourth-order valence-corrected chi connectivity index (χ4v) is 6.48. The van der Waals surface area contributed by atoms with Gasteiger partial charge in [0.2, 0.25) is 0 Å². The molecule has 0 saturated carbocycles. The van der Waals surface area contributed by atoms with E-state index in [0.717, 1.165) is 27.3 Å². The van der Waals surface area contributed by atoms with E-state index in [4.69, 9.17) is 4.99 Å².